The first-order valence-electron chi connectivity index (χ1n) is 7.95. The van der Waals surface area contributed by atoms with Crippen molar-refractivity contribution in [3.63, 3.8) is 0 Å². The molecule has 3 nitrogen and oxygen atoms in total. The minimum absolute atomic E-state index is 0.0972. The van der Waals surface area contributed by atoms with Crippen molar-refractivity contribution in [2.24, 2.45) is 0 Å². The summed E-state index contributed by atoms with van der Waals surface area (Å²) in [6, 6.07) is 12.9. The molecular formula is C19H20FNO2. The molecule has 0 amide bonds. The second-order valence-corrected chi connectivity index (χ2v) is 6.97. The Labute approximate surface area is 135 Å². The van der Waals surface area contributed by atoms with Gasteiger partial charge in [-0.3, -0.25) is 0 Å². The second kappa shape index (κ2) is 4.96. The number of hydrogen-bond donors (Lipinski definition) is 1. The quantitative estimate of drug-likeness (QED) is 0.922. The van der Waals surface area contributed by atoms with E-state index in [9.17, 15) is 9.50 Å². The fourth-order valence-corrected chi connectivity index (χ4v) is 3.95. The van der Waals surface area contributed by atoms with Crippen LogP contribution in [-0.4, -0.2) is 24.4 Å². The van der Waals surface area contributed by atoms with Crippen LogP contribution in [0.4, 0.5) is 10.1 Å². The zero-order chi connectivity index (χ0) is 16.2. The Balaban J connectivity index is 1.86. The number of para-hydroxylation sites is 2. The molecule has 0 saturated carbocycles. The normalized spacial score (nSPS) is 24.3. The number of aliphatic hydroxyl groups excluding tert-OH is 1. The van der Waals surface area contributed by atoms with E-state index in [-0.39, 0.29) is 30.0 Å². The molecule has 2 aliphatic rings. The molecule has 0 saturated heterocycles. The van der Waals surface area contributed by atoms with E-state index >= 15 is 0 Å². The summed E-state index contributed by atoms with van der Waals surface area (Å²) in [4.78, 5) is 2.07. The van der Waals surface area contributed by atoms with Gasteiger partial charge in [-0.1, -0.05) is 44.2 Å². The maximum Gasteiger partial charge on any atom is 0.146 e. The molecule has 4 heteroatoms. The average Bonchev–Trinajstić information content (AvgIpc) is 3.03. The van der Waals surface area contributed by atoms with Crippen molar-refractivity contribution >= 4 is 5.69 Å². The van der Waals surface area contributed by atoms with Gasteiger partial charge < -0.3 is 14.7 Å². The van der Waals surface area contributed by atoms with E-state index in [1.165, 1.54) is 6.07 Å². The highest BCUT2D eigenvalue weighted by molar-refractivity contribution is 5.65. The molecule has 1 N–H and O–H groups in total. The van der Waals surface area contributed by atoms with Gasteiger partial charge in [0.1, 0.15) is 17.7 Å². The maximum absolute atomic E-state index is 14.6. The number of fused-ring (bicyclic) bond motifs is 2. The molecule has 120 valence electrons. The fraction of sp³-hybridized carbons (Fsp3) is 0.368. The smallest absolute Gasteiger partial charge is 0.146 e. The molecule has 0 aromatic heterocycles. The summed E-state index contributed by atoms with van der Waals surface area (Å²) in [7, 11) is 0. The second-order valence-electron chi connectivity index (χ2n) is 6.97. The Morgan fingerprint density at radius 2 is 2.00 bits per heavy atom. The number of anilines is 1. The highest BCUT2D eigenvalue weighted by Crippen LogP contribution is 2.50. The van der Waals surface area contributed by atoms with Crippen molar-refractivity contribution in [2.75, 3.05) is 18.1 Å². The van der Waals surface area contributed by atoms with E-state index in [1.54, 1.807) is 6.07 Å². The number of hydrogen-bond acceptors (Lipinski definition) is 3. The molecule has 0 unspecified atom stereocenters. The lowest BCUT2D eigenvalue weighted by Gasteiger charge is -2.31. The highest BCUT2D eigenvalue weighted by atomic mass is 19.1. The van der Waals surface area contributed by atoms with Crippen LogP contribution in [0.2, 0.25) is 0 Å². The summed E-state index contributed by atoms with van der Waals surface area (Å²) < 4.78 is 20.5. The first-order chi connectivity index (χ1) is 11.0. The van der Waals surface area contributed by atoms with E-state index in [0.717, 1.165) is 16.9 Å². The molecule has 0 aliphatic carbocycles. The van der Waals surface area contributed by atoms with Crippen molar-refractivity contribution in [1.29, 1.82) is 0 Å². The molecule has 4 rings (SSSR count). The fourth-order valence-electron chi connectivity index (χ4n) is 3.95. The number of halogens is 1. The van der Waals surface area contributed by atoms with Crippen LogP contribution in [0.3, 0.4) is 0 Å². The molecule has 0 radical (unpaired) electrons. The molecule has 0 fully saturated rings. The minimum Gasteiger partial charge on any atom is -0.485 e. The van der Waals surface area contributed by atoms with Gasteiger partial charge in [0.05, 0.1) is 18.3 Å². The molecule has 2 aliphatic heterocycles. The van der Waals surface area contributed by atoms with Crippen molar-refractivity contribution in [3.8, 4) is 5.75 Å². The van der Waals surface area contributed by atoms with Gasteiger partial charge >= 0.3 is 0 Å². The van der Waals surface area contributed by atoms with Crippen LogP contribution in [0.1, 0.15) is 31.0 Å². The van der Waals surface area contributed by atoms with E-state index in [0.29, 0.717) is 12.2 Å². The van der Waals surface area contributed by atoms with Gasteiger partial charge in [-0.25, -0.2) is 4.39 Å². The Morgan fingerprint density at radius 3 is 2.78 bits per heavy atom. The summed E-state index contributed by atoms with van der Waals surface area (Å²) in [5.41, 5.74) is 2.52. The Morgan fingerprint density at radius 1 is 1.22 bits per heavy atom. The first kappa shape index (κ1) is 14.5. The van der Waals surface area contributed by atoms with Crippen molar-refractivity contribution < 1.29 is 14.2 Å². The molecular weight excluding hydrogens is 293 g/mol. The molecule has 2 heterocycles. The summed E-state index contributed by atoms with van der Waals surface area (Å²) in [5.74, 6) is 0.563. The van der Waals surface area contributed by atoms with Crippen LogP contribution >= 0.6 is 0 Å². The van der Waals surface area contributed by atoms with Crippen LogP contribution in [0.15, 0.2) is 42.5 Å². The lowest BCUT2D eigenvalue weighted by Crippen LogP contribution is -2.39. The minimum atomic E-state index is -0.381. The number of ether oxygens (including phenoxy) is 1. The largest absolute Gasteiger partial charge is 0.485 e. The third-order valence-corrected chi connectivity index (χ3v) is 4.95. The van der Waals surface area contributed by atoms with Gasteiger partial charge in [-0.05, 0) is 17.7 Å². The van der Waals surface area contributed by atoms with E-state index in [1.807, 2.05) is 30.3 Å². The van der Waals surface area contributed by atoms with Crippen molar-refractivity contribution in [3.05, 3.63) is 59.4 Å². The van der Waals surface area contributed by atoms with E-state index in [4.69, 9.17) is 4.74 Å². The predicted octanol–water partition coefficient (Wildman–Crippen LogP) is 3.42. The number of nitrogens with zero attached hydrogens (tertiary/aromatic N) is 1. The van der Waals surface area contributed by atoms with Crippen LogP contribution in [0.5, 0.6) is 5.75 Å². The maximum atomic E-state index is 14.6. The average molecular weight is 313 g/mol. The third-order valence-electron chi connectivity index (χ3n) is 4.95. The predicted molar refractivity (Wildman–Crippen MR) is 87.5 cm³/mol. The number of benzene rings is 2. The number of rotatable bonds is 2. The molecule has 0 spiro atoms. The van der Waals surface area contributed by atoms with Gasteiger partial charge in [-0.2, -0.15) is 0 Å². The van der Waals surface area contributed by atoms with Crippen LogP contribution in [0.25, 0.3) is 0 Å². The number of aliphatic hydroxyl groups is 1. The highest BCUT2D eigenvalue weighted by Gasteiger charge is 2.46. The molecule has 0 bridgehead atoms. The van der Waals surface area contributed by atoms with Gasteiger partial charge in [0.2, 0.25) is 0 Å². The monoisotopic (exact) mass is 313 g/mol. The Bertz CT molecular complexity index is 759. The Hall–Kier alpha value is -2.07. The van der Waals surface area contributed by atoms with Crippen molar-refractivity contribution in [1.82, 2.24) is 0 Å². The van der Waals surface area contributed by atoms with Gasteiger partial charge in [0, 0.05) is 17.5 Å². The van der Waals surface area contributed by atoms with Crippen LogP contribution in [0, 0.1) is 5.82 Å². The lowest BCUT2D eigenvalue weighted by molar-refractivity contribution is 0.114. The molecule has 23 heavy (non-hydrogen) atoms. The zero-order valence-electron chi connectivity index (χ0n) is 13.3. The first-order valence-corrected chi connectivity index (χ1v) is 7.95. The molecule has 2 aromatic rings. The summed E-state index contributed by atoms with van der Waals surface area (Å²) in [6.07, 6.45) is -0.381. The van der Waals surface area contributed by atoms with Gasteiger partial charge in [-0.15, -0.1) is 0 Å². The molecule has 2 atom stereocenters. The summed E-state index contributed by atoms with van der Waals surface area (Å²) in [5, 5.41) is 9.77. The van der Waals surface area contributed by atoms with Gasteiger partial charge in [0.25, 0.3) is 0 Å². The van der Waals surface area contributed by atoms with Crippen LogP contribution < -0.4 is 9.64 Å². The summed E-state index contributed by atoms with van der Waals surface area (Å²) >= 11 is 0. The molecule has 2 aromatic carbocycles. The third kappa shape index (κ3) is 2.05. The lowest BCUT2D eigenvalue weighted by atomic mass is 9.87. The van der Waals surface area contributed by atoms with Gasteiger partial charge in [0.15, 0.2) is 0 Å². The van der Waals surface area contributed by atoms with E-state index < -0.39 is 0 Å². The topological polar surface area (TPSA) is 32.7 Å². The van der Waals surface area contributed by atoms with Crippen molar-refractivity contribution in [2.45, 2.75) is 31.4 Å². The zero-order valence-corrected chi connectivity index (χ0v) is 13.3. The van der Waals surface area contributed by atoms with E-state index in [2.05, 4.69) is 18.7 Å². The Kier molecular flexibility index (Phi) is 3.13. The van der Waals surface area contributed by atoms with Crippen LogP contribution in [-0.2, 0) is 5.41 Å². The summed E-state index contributed by atoms with van der Waals surface area (Å²) in [6.45, 7) is 4.85. The SMILES string of the molecule is CC1(C)CN([C@@H]2c3ccccc3O[C@@H]2CO)c2c(F)cccc21. The standard InChI is InChI=1S/C19H20FNO2/c1-19(2)11-21(18-13(19)7-5-8-14(18)20)17-12-6-3-4-9-15(12)23-16(17)10-22/h3-9,16-17,22H,10-11H2,1-2H3/t16-,17-/m1/s1.